The van der Waals surface area contributed by atoms with Crippen molar-refractivity contribution in [2.45, 2.75) is 31.4 Å². The predicted molar refractivity (Wildman–Crippen MR) is 77.5 cm³/mol. The molecule has 3 rings (SSSR count). The van der Waals surface area contributed by atoms with Gasteiger partial charge in [-0.1, -0.05) is 11.6 Å². The molecule has 0 radical (unpaired) electrons. The van der Waals surface area contributed by atoms with Gasteiger partial charge in [0.05, 0.1) is 17.2 Å². The average molecular weight is 345 g/mol. The fraction of sp³-hybridized carbons (Fsp3) is 0.500. The van der Waals surface area contributed by atoms with E-state index in [1.807, 2.05) is 0 Å². The summed E-state index contributed by atoms with van der Waals surface area (Å²) in [6, 6.07) is 5.39. The van der Waals surface area contributed by atoms with Crippen LogP contribution in [0.5, 0.6) is 0 Å². The highest BCUT2D eigenvalue weighted by atomic mass is 79.9. The molecular weight excluding hydrogens is 330 g/mol. The molecular formula is C14H15BrClNO2. The third-order valence-electron chi connectivity index (χ3n) is 3.72. The molecule has 1 heterocycles. The minimum Gasteiger partial charge on any atom is -0.376 e. The molecule has 1 saturated heterocycles. The van der Waals surface area contributed by atoms with E-state index in [0.29, 0.717) is 16.5 Å². The molecule has 1 aromatic rings. The van der Waals surface area contributed by atoms with E-state index in [9.17, 15) is 4.79 Å². The van der Waals surface area contributed by atoms with E-state index in [4.69, 9.17) is 16.3 Å². The molecule has 19 heavy (non-hydrogen) atoms. The van der Waals surface area contributed by atoms with Gasteiger partial charge in [-0.15, -0.1) is 0 Å². The normalized spacial score (nSPS) is 26.4. The van der Waals surface area contributed by atoms with E-state index >= 15 is 0 Å². The zero-order valence-electron chi connectivity index (χ0n) is 10.4. The van der Waals surface area contributed by atoms with Gasteiger partial charge in [0.25, 0.3) is 5.91 Å². The summed E-state index contributed by atoms with van der Waals surface area (Å²) in [6.45, 7) is 0.743. The average Bonchev–Trinajstić information content (AvgIpc) is 3.13. The molecule has 0 aromatic heterocycles. The van der Waals surface area contributed by atoms with Crippen molar-refractivity contribution in [3.8, 4) is 0 Å². The zero-order valence-corrected chi connectivity index (χ0v) is 12.7. The summed E-state index contributed by atoms with van der Waals surface area (Å²) in [5.41, 5.74) is 0.592. The summed E-state index contributed by atoms with van der Waals surface area (Å²) in [5, 5.41) is 3.63. The number of hydrogen-bond acceptors (Lipinski definition) is 2. The Morgan fingerprint density at radius 3 is 2.84 bits per heavy atom. The molecule has 1 amide bonds. The molecule has 1 N–H and O–H groups in total. The van der Waals surface area contributed by atoms with Crippen LogP contribution in [0.4, 0.5) is 0 Å². The summed E-state index contributed by atoms with van der Waals surface area (Å²) in [7, 11) is 0. The molecule has 102 valence electrons. The number of halogens is 2. The van der Waals surface area contributed by atoms with Crippen molar-refractivity contribution >= 4 is 33.4 Å². The van der Waals surface area contributed by atoms with E-state index < -0.39 is 0 Å². The number of carbonyl (C=O) groups is 1. The van der Waals surface area contributed by atoms with Crippen molar-refractivity contribution in [3.05, 3.63) is 33.3 Å². The number of rotatable bonds is 3. The Kier molecular flexibility index (Phi) is 3.83. The number of amides is 1. The van der Waals surface area contributed by atoms with Crippen LogP contribution in [-0.2, 0) is 4.74 Å². The lowest BCUT2D eigenvalue weighted by molar-refractivity contribution is 0.0729. The Balaban J connectivity index is 1.68. The van der Waals surface area contributed by atoms with Gasteiger partial charge in [-0.3, -0.25) is 4.79 Å². The summed E-state index contributed by atoms with van der Waals surface area (Å²) in [6.07, 6.45) is 3.55. The van der Waals surface area contributed by atoms with E-state index in [-0.39, 0.29) is 18.1 Å². The summed E-state index contributed by atoms with van der Waals surface area (Å²) in [4.78, 5) is 12.2. The number of ether oxygens (including phenoxy) is 1. The molecule has 2 fully saturated rings. The van der Waals surface area contributed by atoms with Crippen LogP contribution in [0.25, 0.3) is 0 Å². The van der Waals surface area contributed by atoms with Crippen molar-refractivity contribution < 1.29 is 9.53 Å². The van der Waals surface area contributed by atoms with E-state index in [2.05, 4.69) is 21.2 Å². The number of nitrogens with one attached hydrogen (secondary N) is 1. The first-order valence-electron chi connectivity index (χ1n) is 6.52. The first kappa shape index (κ1) is 13.4. The summed E-state index contributed by atoms with van der Waals surface area (Å²) < 4.78 is 6.52. The van der Waals surface area contributed by atoms with Crippen LogP contribution in [0.3, 0.4) is 0 Å². The molecule has 1 saturated carbocycles. The quantitative estimate of drug-likeness (QED) is 0.912. The third kappa shape index (κ3) is 2.96. The Labute approximate surface area is 125 Å². The lowest BCUT2D eigenvalue weighted by Crippen LogP contribution is -2.41. The van der Waals surface area contributed by atoms with Crippen LogP contribution >= 0.6 is 27.5 Å². The van der Waals surface area contributed by atoms with Gasteiger partial charge in [0.1, 0.15) is 0 Å². The molecule has 1 aromatic carbocycles. The standard InChI is InChI=1S/C14H15BrClNO2/c15-10-4-3-9(7-11(10)16)14(18)17-12-5-6-19-13(12)8-1-2-8/h3-4,7-8,12-13H,1-2,5-6H2,(H,17,18). The summed E-state index contributed by atoms with van der Waals surface area (Å²) >= 11 is 9.33. The van der Waals surface area contributed by atoms with E-state index in [1.165, 1.54) is 12.8 Å². The van der Waals surface area contributed by atoms with Crippen molar-refractivity contribution in [1.82, 2.24) is 5.32 Å². The highest BCUT2D eigenvalue weighted by molar-refractivity contribution is 9.10. The van der Waals surface area contributed by atoms with Crippen molar-refractivity contribution in [3.63, 3.8) is 0 Å². The molecule has 3 nitrogen and oxygen atoms in total. The molecule has 0 spiro atoms. The van der Waals surface area contributed by atoms with Crippen molar-refractivity contribution in [1.29, 1.82) is 0 Å². The molecule has 5 heteroatoms. The minimum atomic E-state index is -0.0736. The number of carbonyl (C=O) groups excluding carboxylic acids is 1. The van der Waals surface area contributed by atoms with E-state index in [0.717, 1.165) is 17.5 Å². The van der Waals surface area contributed by atoms with Gasteiger partial charge in [0.15, 0.2) is 0 Å². The first-order valence-corrected chi connectivity index (χ1v) is 7.70. The maximum atomic E-state index is 12.2. The lowest BCUT2D eigenvalue weighted by atomic mass is 10.1. The largest absolute Gasteiger partial charge is 0.376 e. The van der Waals surface area contributed by atoms with Gasteiger partial charge in [-0.25, -0.2) is 0 Å². The first-order chi connectivity index (χ1) is 9.15. The van der Waals surface area contributed by atoms with Crippen LogP contribution in [-0.4, -0.2) is 24.7 Å². The SMILES string of the molecule is O=C(NC1CCOC1C1CC1)c1ccc(Br)c(Cl)c1. The van der Waals surface area contributed by atoms with Crippen molar-refractivity contribution in [2.75, 3.05) is 6.61 Å². The molecule has 1 aliphatic carbocycles. The monoisotopic (exact) mass is 343 g/mol. The van der Waals surface area contributed by atoms with Gasteiger partial charge in [-0.2, -0.15) is 0 Å². The summed E-state index contributed by atoms with van der Waals surface area (Å²) in [5.74, 6) is 0.567. The van der Waals surface area contributed by atoms with Crippen LogP contribution in [0, 0.1) is 5.92 Å². The molecule has 2 unspecified atom stereocenters. The number of hydrogen-bond donors (Lipinski definition) is 1. The van der Waals surface area contributed by atoms with Gasteiger partial charge in [-0.05, 0) is 59.3 Å². The fourth-order valence-corrected chi connectivity index (χ4v) is 2.97. The maximum Gasteiger partial charge on any atom is 0.251 e. The van der Waals surface area contributed by atoms with E-state index in [1.54, 1.807) is 18.2 Å². The highest BCUT2D eigenvalue weighted by Crippen LogP contribution is 2.38. The smallest absolute Gasteiger partial charge is 0.251 e. The topological polar surface area (TPSA) is 38.3 Å². The Morgan fingerprint density at radius 1 is 1.37 bits per heavy atom. The van der Waals surface area contributed by atoms with Gasteiger partial charge >= 0.3 is 0 Å². The maximum absolute atomic E-state index is 12.2. The molecule has 1 aliphatic heterocycles. The Bertz CT molecular complexity index is 504. The lowest BCUT2D eigenvalue weighted by Gasteiger charge is -2.19. The third-order valence-corrected chi connectivity index (χ3v) is 4.95. The molecule has 2 atom stereocenters. The van der Waals surface area contributed by atoms with Crippen LogP contribution < -0.4 is 5.32 Å². The second-order valence-electron chi connectivity index (χ2n) is 5.17. The van der Waals surface area contributed by atoms with Crippen LogP contribution in [0.2, 0.25) is 5.02 Å². The molecule has 2 aliphatic rings. The predicted octanol–water partition coefficient (Wildman–Crippen LogP) is 3.40. The number of benzene rings is 1. The Hall–Kier alpha value is -0.580. The highest BCUT2D eigenvalue weighted by Gasteiger charge is 2.41. The second kappa shape index (κ2) is 5.43. The molecule has 0 bridgehead atoms. The minimum absolute atomic E-state index is 0.0736. The van der Waals surface area contributed by atoms with Crippen LogP contribution in [0.15, 0.2) is 22.7 Å². The Morgan fingerprint density at radius 2 is 2.16 bits per heavy atom. The van der Waals surface area contributed by atoms with Crippen molar-refractivity contribution in [2.24, 2.45) is 5.92 Å². The van der Waals surface area contributed by atoms with Gasteiger partial charge in [0, 0.05) is 16.6 Å². The zero-order chi connectivity index (χ0) is 13.4. The van der Waals surface area contributed by atoms with Gasteiger partial charge in [0.2, 0.25) is 0 Å². The van der Waals surface area contributed by atoms with Gasteiger partial charge < -0.3 is 10.1 Å². The fourth-order valence-electron chi connectivity index (χ4n) is 2.54. The van der Waals surface area contributed by atoms with Crippen LogP contribution in [0.1, 0.15) is 29.6 Å². The second-order valence-corrected chi connectivity index (χ2v) is 6.43.